The van der Waals surface area contributed by atoms with E-state index >= 15 is 0 Å². The molecule has 1 aromatic carbocycles. The zero-order valence-electron chi connectivity index (χ0n) is 11.6. The van der Waals surface area contributed by atoms with Crippen LogP contribution in [0.5, 0.6) is 0 Å². The van der Waals surface area contributed by atoms with Crippen LogP contribution in [0.4, 0.5) is 25.2 Å². The minimum atomic E-state index is -1.40. The second kappa shape index (κ2) is 7.34. The minimum absolute atomic E-state index is 0.0332. The second-order valence-corrected chi connectivity index (χ2v) is 4.71. The maximum atomic E-state index is 13.9. The largest absolute Gasteiger partial charge is 0.450 e. The number of hydrogen-bond acceptors (Lipinski definition) is 5. The Labute approximate surface area is 138 Å². The maximum absolute atomic E-state index is 13.9. The van der Waals surface area contributed by atoms with Crippen molar-refractivity contribution in [2.75, 3.05) is 10.6 Å². The van der Waals surface area contributed by atoms with E-state index < -0.39 is 23.4 Å². The van der Waals surface area contributed by atoms with Crippen molar-refractivity contribution in [3.8, 4) is 6.07 Å². The van der Waals surface area contributed by atoms with E-state index in [0.717, 1.165) is 12.1 Å². The molecular formula is C14H7ClF2N4O3. The number of nitrogens with zero attached hydrogens (tertiary/aromatic N) is 2. The van der Waals surface area contributed by atoms with Crippen LogP contribution in [0.2, 0.25) is 5.02 Å². The van der Waals surface area contributed by atoms with Crippen LogP contribution in [0.3, 0.4) is 0 Å². The van der Waals surface area contributed by atoms with Gasteiger partial charge in [-0.3, -0.25) is 10.1 Å². The first-order valence-electron chi connectivity index (χ1n) is 6.20. The molecule has 24 heavy (non-hydrogen) atoms. The van der Waals surface area contributed by atoms with Gasteiger partial charge in [0.05, 0.1) is 22.2 Å². The van der Waals surface area contributed by atoms with Crippen LogP contribution in [0.1, 0.15) is 15.9 Å². The van der Waals surface area contributed by atoms with E-state index in [2.05, 4.69) is 15.2 Å². The lowest BCUT2D eigenvalue weighted by molar-refractivity contribution is -0.0544. The maximum Gasteiger partial charge on any atom is 0.450 e. The molecule has 0 unspecified atom stereocenters. The Bertz CT molecular complexity index is 831. The zero-order chi connectivity index (χ0) is 17.7. The van der Waals surface area contributed by atoms with Gasteiger partial charge in [-0.2, -0.15) is 5.26 Å². The van der Waals surface area contributed by atoms with Gasteiger partial charge >= 0.3 is 6.09 Å². The summed E-state index contributed by atoms with van der Waals surface area (Å²) in [7, 11) is 0. The molecule has 0 aliphatic carbocycles. The number of halogens is 3. The van der Waals surface area contributed by atoms with Gasteiger partial charge in [0.15, 0.2) is 0 Å². The van der Waals surface area contributed by atoms with E-state index in [4.69, 9.17) is 16.9 Å². The third kappa shape index (κ3) is 3.93. The summed E-state index contributed by atoms with van der Waals surface area (Å²) >= 11 is 5.81. The van der Waals surface area contributed by atoms with E-state index in [1.54, 1.807) is 6.07 Å². The highest BCUT2D eigenvalue weighted by atomic mass is 35.5. The van der Waals surface area contributed by atoms with E-state index in [0.29, 0.717) is 0 Å². The highest BCUT2D eigenvalue weighted by molar-refractivity contribution is 6.34. The summed E-state index contributed by atoms with van der Waals surface area (Å²) in [6.45, 7) is 0. The normalized spacial score (nSPS) is 9.75. The molecule has 7 nitrogen and oxygen atoms in total. The molecule has 0 radical (unpaired) electrons. The van der Waals surface area contributed by atoms with Crippen LogP contribution >= 0.6 is 11.6 Å². The van der Waals surface area contributed by atoms with Crippen LogP contribution in [0.25, 0.3) is 0 Å². The molecule has 0 saturated heterocycles. The van der Waals surface area contributed by atoms with Crippen molar-refractivity contribution in [2.45, 2.75) is 0 Å². The van der Waals surface area contributed by atoms with Gasteiger partial charge < -0.3 is 5.32 Å². The zero-order valence-corrected chi connectivity index (χ0v) is 12.4. The Morgan fingerprint density at radius 2 is 2.04 bits per heavy atom. The predicted octanol–water partition coefficient (Wildman–Crippen LogP) is 3.43. The van der Waals surface area contributed by atoms with Gasteiger partial charge in [0, 0.05) is 22.5 Å². The predicted molar refractivity (Wildman–Crippen MR) is 79.5 cm³/mol. The monoisotopic (exact) mass is 352 g/mol. The van der Waals surface area contributed by atoms with Crippen LogP contribution in [0.15, 0.2) is 30.5 Å². The van der Waals surface area contributed by atoms with Crippen LogP contribution in [0, 0.1) is 17.1 Å². The Morgan fingerprint density at radius 3 is 2.67 bits per heavy atom. The van der Waals surface area contributed by atoms with Crippen molar-refractivity contribution in [3.63, 3.8) is 0 Å². The third-order valence-electron chi connectivity index (χ3n) is 2.72. The highest BCUT2D eigenvalue weighted by Crippen LogP contribution is 2.23. The Morgan fingerprint density at radius 1 is 1.29 bits per heavy atom. The third-order valence-corrected chi connectivity index (χ3v) is 3.01. The summed E-state index contributed by atoms with van der Waals surface area (Å²) in [5.74, 6) is -1.96. The van der Waals surface area contributed by atoms with Gasteiger partial charge in [0.25, 0.3) is 5.91 Å². The highest BCUT2D eigenvalue weighted by Gasteiger charge is 2.18. The number of hydrogen-bond donors (Lipinski definition) is 2. The number of anilines is 2. The summed E-state index contributed by atoms with van der Waals surface area (Å²) in [6, 6.07) is 6.26. The lowest BCUT2D eigenvalue weighted by Crippen LogP contribution is -2.16. The number of nitrogens with one attached hydrogen (secondary N) is 2. The number of carbonyl (C=O) groups excluding carboxylic acids is 2. The van der Waals surface area contributed by atoms with Crippen molar-refractivity contribution >= 4 is 35.1 Å². The molecule has 2 amide bonds. The van der Waals surface area contributed by atoms with E-state index in [9.17, 15) is 18.5 Å². The number of nitriles is 1. The fourth-order valence-corrected chi connectivity index (χ4v) is 2.04. The fraction of sp³-hybridized carbons (Fsp3) is 0. The molecular weight excluding hydrogens is 346 g/mol. The lowest BCUT2D eigenvalue weighted by Gasteiger charge is -2.09. The minimum Gasteiger partial charge on any atom is -0.322 e. The standard InChI is InChI=1S/C14H7ClF2N4O3/c15-9-3-7(6-18)4-10(16)12(9)13(22)20-8-1-2-19-11(5-8)21-14(23)24-17/h1-5H,(H2,19,20,21,22,23). The molecule has 2 aromatic rings. The topological polar surface area (TPSA) is 104 Å². The second-order valence-electron chi connectivity index (χ2n) is 4.30. The number of pyridine rings is 1. The molecule has 10 heteroatoms. The molecule has 0 saturated carbocycles. The lowest BCUT2D eigenvalue weighted by atomic mass is 10.1. The van der Waals surface area contributed by atoms with Crippen molar-refractivity contribution in [1.82, 2.24) is 4.98 Å². The van der Waals surface area contributed by atoms with Crippen LogP contribution < -0.4 is 10.6 Å². The van der Waals surface area contributed by atoms with Gasteiger partial charge in [-0.25, -0.2) is 19.1 Å². The molecule has 1 aromatic heterocycles. The summed E-state index contributed by atoms with van der Waals surface area (Å²) < 4.78 is 25.6. The van der Waals surface area contributed by atoms with Gasteiger partial charge in [-0.05, 0) is 18.2 Å². The summed E-state index contributed by atoms with van der Waals surface area (Å²) in [4.78, 5) is 29.5. The molecule has 0 spiro atoms. The quantitative estimate of drug-likeness (QED) is 0.880. The molecule has 0 bridgehead atoms. The van der Waals surface area contributed by atoms with E-state index in [1.165, 1.54) is 18.3 Å². The number of amides is 2. The average Bonchev–Trinajstić information content (AvgIpc) is 2.54. The van der Waals surface area contributed by atoms with Crippen molar-refractivity contribution in [3.05, 3.63) is 52.4 Å². The number of rotatable bonds is 3. The molecule has 0 aliphatic rings. The Balaban J connectivity index is 2.23. The summed E-state index contributed by atoms with van der Waals surface area (Å²) in [6.07, 6.45) is -0.188. The Kier molecular flexibility index (Phi) is 5.23. The van der Waals surface area contributed by atoms with Gasteiger partial charge in [-0.1, -0.05) is 11.6 Å². The molecule has 0 atom stereocenters. The summed E-state index contributed by atoms with van der Waals surface area (Å²) in [5, 5.41) is 12.8. The van der Waals surface area contributed by atoms with Gasteiger partial charge in [0.2, 0.25) is 0 Å². The molecule has 122 valence electrons. The van der Waals surface area contributed by atoms with Crippen molar-refractivity contribution in [2.24, 2.45) is 0 Å². The first-order valence-corrected chi connectivity index (χ1v) is 6.58. The fourth-order valence-electron chi connectivity index (χ4n) is 1.75. The van der Waals surface area contributed by atoms with Gasteiger partial charge in [-0.15, -0.1) is 0 Å². The van der Waals surface area contributed by atoms with Crippen LogP contribution in [-0.2, 0) is 4.94 Å². The Hall–Kier alpha value is -3.25. The molecule has 1 heterocycles. The SMILES string of the molecule is N#Cc1cc(F)c(C(=O)Nc2ccnc(NC(=O)OF)c2)c(Cl)c1. The van der Waals surface area contributed by atoms with E-state index in [1.807, 2.05) is 5.32 Å². The number of carbonyl (C=O) groups is 2. The molecule has 2 N–H and O–H groups in total. The molecule has 0 aliphatic heterocycles. The molecule has 2 rings (SSSR count). The first kappa shape index (κ1) is 17.1. The average molecular weight is 353 g/mol. The van der Waals surface area contributed by atoms with Gasteiger partial charge in [0.1, 0.15) is 11.6 Å². The number of aromatic nitrogens is 1. The van der Waals surface area contributed by atoms with Crippen molar-refractivity contribution in [1.29, 1.82) is 5.26 Å². The van der Waals surface area contributed by atoms with Crippen molar-refractivity contribution < 1.29 is 23.4 Å². The first-order chi connectivity index (χ1) is 11.4. The summed E-state index contributed by atoms with van der Waals surface area (Å²) in [5.41, 5.74) is -0.358. The van der Waals surface area contributed by atoms with E-state index in [-0.39, 0.29) is 22.1 Å². The molecule has 0 fully saturated rings. The van der Waals surface area contributed by atoms with Crippen LogP contribution in [-0.4, -0.2) is 17.0 Å². The smallest absolute Gasteiger partial charge is 0.322 e. The number of benzene rings is 1.